The normalized spacial score (nSPS) is 13.8. The largest absolute Gasteiger partial charge is 0.394 e. The number of hydrogen-bond donors (Lipinski definition) is 3. The number of rotatable bonds is 7. The van der Waals surface area contributed by atoms with Crippen LogP contribution in [-0.2, 0) is 20.5 Å². The number of hydrogen-bond acceptors (Lipinski definition) is 5. The molecule has 0 bridgehead atoms. The third-order valence-electron chi connectivity index (χ3n) is 2.46. The van der Waals surface area contributed by atoms with E-state index in [0.29, 0.717) is 12.5 Å². The molecule has 1 atom stereocenters. The minimum Gasteiger partial charge on any atom is -0.301 e. The van der Waals surface area contributed by atoms with Gasteiger partial charge in [-0.05, 0) is 32.9 Å². The lowest BCUT2D eigenvalue weighted by Gasteiger charge is -2.26. The van der Waals surface area contributed by atoms with Gasteiger partial charge in [-0.25, -0.2) is 0 Å². The van der Waals surface area contributed by atoms with Crippen molar-refractivity contribution < 1.29 is 30.5 Å². The Morgan fingerprint density at radius 2 is 1.37 bits per heavy atom. The van der Waals surface area contributed by atoms with Gasteiger partial charge >= 0.3 is 10.4 Å². The van der Waals surface area contributed by atoms with Crippen molar-refractivity contribution in [3.63, 3.8) is 0 Å². The minimum atomic E-state index is -4.67. The van der Waals surface area contributed by atoms with Gasteiger partial charge in [0, 0.05) is 6.04 Å². The minimum absolute atomic E-state index is 0.126. The van der Waals surface area contributed by atoms with Gasteiger partial charge in [0.15, 0.2) is 0 Å². The van der Waals surface area contributed by atoms with Crippen molar-refractivity contribution in [3.05, 3.63) is 0 Å². The molecule has 0 aliphatic heterocycles. The van der Waals surface area contributed by atoms with Crippen molar-refractivity contribution in [2.24, 2.45) is 0 Å². The second-order valence-electron chi connectivity index (χ2n) is 3.95. The maximum atomic E-state index is 10.5. The first-order valence-corrected chi connectivity index (χ1v) is 8.80. The van der Waals surface area contributed by atoms with E-state index in [0.717, 1.165) is 19.5 Å². The zero-order valence-corrected chi connectivity index (χ0v) is 13.0. The Labute approximate surface area is 115 Å². The summed E-state index contributed by atoms with van der Waals surface area (Å²) in [5.41, 5.74) is 0. The van der Waals surface area contributed by atoms with Crippen LogP contribution >= 0.6 is 0 Å². The molecule has 19 heavy (non-hydrogen) atoms. The maximum absolute atomic E-state index is 10.5. The average Bonchev–Trinajstić information content (AvgIpc) is 2.14. The summed E-state index contributed by atoms with van der Waals surface area (Å²) >= 11 is 0. The van der Waals surface area contributed by atoms with E-state index in [-0.39, 0.29) is 5.75 Å². The fraction of sp³-hybridized carbons (Fsp3) is 1.00. The highest BCUT2D eigenvalue weighted by molar-refractivity contribution is 7.85. The zero-order valence-electron chi connectivity index (χ0n) is 11.4. The third kappa shape index (κ3) is 20.2. The molecule has 0 saturated carbocycles. The highest BCUT2D eigenvalue weighted by Gasteiger charge is 2.11. The van der Waals surface area contributed by atoms with Crippen molar-refractivity contribution in [1.82, 2.24) is 4.90 Å². The van der Waals surface area contributed by atoms with Crippen molar-refractivity contribution in [1.29, 1.82) is 0 Å². The molecular formula is C9H23NO7S2. The molecule has 10 heteroatoms. The molecule has 0 aromatic heterocycles. The van der Waals surface area contributed by atoms with E-state index in [1.54, 1.807) is 0 Å². The molecule has 0 aliphatic rings. The van der Waals surface area contributed by atoms with Crippen LogP contribution in [0, 0.1) is 0 Å². The lowest BCUT2D eigenvalue weighted by molar-refractivity contribution is 0.220. The Kier molecular flexibility index (Phi) is 10.6. The summed E-state index contributed by atoms with van der Waals surface area (Å²) in [6, 6.07) is 0.381. The van der Waals surface area contributed by atoms with Gasteiger partial charge in [0.1, 0.15) is 0 Å². The van der Waals surface area contributed by atoms with Crippen molar-refractivity contribution in [3.8, 4) is 0 Å². The van der Waals surface area contributed by atoms with E-state index in [1.807, 2.05) is 0 Å². The summed E-state index contributed by atoms with van der Waals surface area (Å²) in [6.45, 7) is 8.20. The molecular weight excluding hydrogens is 298 g/mol. The summed E-state index contributed by atoms with van der Waals surface area (Å²) in [7, 11) is -8.44. The quantitative estimate of drug-likeness (QED) is 0.585. The molecule has 0 rings (SSSR count). The first-order valence-electron chi connectivity index (χ1n) is 5.79. The average molecular weight is 321 g/mol. The Bertz CT molecular complexity index is 406. The molecule has 0 spiro atoms. The SMILES string of the molecule is CCN(CC)C(C)CCCS(=O)(=O)O.O=S(=O)(O)O. The predicted molar refractivity (Wildman–Crippen MR) is 72.2 cm³/mol. The third-order valence-corrected chi connectivity index (χ3v) is 3.26. The van der Waals surface area contributed by atoms with Gasteiger partial charge in [0.25, 0.3) is 10.1 Å². The van der Waals surface area contributed by atoms with E-state index in [2.05, 4.69) is 25.7 Å². The second-order valence-corrected chi connectivity index (χ2v) is 6.41. The van der Waals surface area contributed by atoms with Crippen LogP contribution in [0.3, 0.4) is 0 Å². The van der Waals surface area contributed by atoms with Gasteiger partial charge in [-0.1, -0.05) is 13.8 Å². The van der Waals surface area contributed by atoms with Crippen molar-refractivity contribution >= 4 is 20.5 Å². The zero-order chi connectivity index (χ0) is 15.7. The predicted octanol–water partition coefficient (Wildman–Crippen LogP) is 0.732. The first kappa shape index (κ1) is 21.0. The molecule has 0 aromatic rings. The maximum Gasteiger partial charge on any atom is 0.394 e. The van der Waals surface area contributed by atoms with Gasteiger partial charge in [-0.2, -0.15) is 16.8 Å². The van der Waals surface area contributed by atoms with Gasteiger partial charge in [-0.15, -0.1) is 0 Å². The molecule has 0 aliphatic carbocycles. The summed E-state index contributed by atoms with van der Waals surface area (Å²) in [5, 5.41) is 0. The molecule has 0 saturated heterocycles. The van der Waals surface area contributed by atoms with E-state index >= 15 is 0 Å². The highest BCUT2D eigenvalue weighted by Crippen LogP contribution is 2.06. The van der Waals surface area contributed by atoms with Crippen molar-refractivity contribution in [2.75, 3.05) is 18.8 Å². The standard InChI is InChI=1S/C9H21NO3S.H2O4S/c1-4-10(5-2)9(3)7-6-8-14(11,12)13;1-5(2,3)4/h9H,4-8H2,1-3H3,(H,11,12,13);(H2,1,2,3,4). The van der Waals surface area contributed by atoms with Gasteiger partial charge in [0.05, 0.1) is 5.75 Å². The van der Waals surface area contributed by atoms with E-state index in [4.69, 9.17) is 22.1 Å². The molecule has 0 heterocycles. The molecule has 0 amide bonds. The lowest BCUT2D eigenvalue weighted by atomic mass is 10.1. The molecule has 0 radical (unpaired) electrons. The van der Waals surface area contributed by atoms with E-state index in [1.165, 1.54) is 0 Å². The smallest absolute Gasteiger partial charge is 0.301 e. The Hall–Kier alpha value is -0.260. The summed E-state index contributed by atoms with van der Waals surface area (Å²) in [6.07, 6.45) is 1.33. The molecule has 1 unspecified atom stereocenters. The van der Waals surface area contributed by atoms with Crippen LogP contribution in [0.25, 0.3) is 0 Å². The van der Waals surface area contributed by atoms with Crippen LogP contribution in [0.15, 0.2) is 0 Å². The van der Waals surface area contributed by atoms with Gasteiger partial charge < -0.3 is 4.90 Å². The number of nitrogens with zero attached hydrogens (tertiary/aromatic N) is 1. The van der Waals surface area contributed by atoms with Crippen LogP contribution < -0.4 is 0 Å². The molecule has 118 valence electrons. The van der Waals surface area contributed by atoms with Gasteiger partial charge in [0.2, 0.25) is 0 Å². The van der Waals surface area contributed by atoms with Crippen LogP contribution in [0.1, 0.15) is 33.6 Å². The fourth-order valence-electron chi connectivity index (χ4n) is 1.59. The Morgan fingerprint density at radius 3 is 1.63 bits per heavy atom. The summed E-state index contributed by atoms with van der Waals surface area (Å²) < 4.78 is 61.1. The molecule has 8 nitrogen and oxygen atoms in total. The monoisotopic (exact) mass is 321 g/mol. The second kappa shape index (κ2) is 9.61. The highest BCUT2D eigenvalue weighted by atomic mass is 32.3. The summed E-state index contributed by atoms with van der Waals surface area (Å²) in [5.74, 6) is -0.126. The summed E-state index contributed by atoms with van der Waals surface area (Å²) in [4.78, 5) is 2.27. The molecule has 3 N–H and O–H groups in total. The lowest BCUT2D eigenvalue weighted by Crippen LogP contribution is -2.32. The van der Waals surface area contributed by atoms with E-state index in [9.17, 15) is 8.42 Å². The van der Waals surface area contributed by atoms with E-state index < -0.39 is 20.5 Å². The fourth-order valence-corrected chi connectivity index (χ4v) is 2.12. The first-order chi connectivity index (χ1) is 8.40. The van der Waals surface area contributed by atoms with Crippen LogP contribution in [0.4, 0.5) is 0 Å². The van der Waals surface area contributed by atoms with Crippen LogP contribution in [0.2, 0.25) is 0 Å². The Balaban J connectivity index is 0. The Morgan fingerprint density at radius 1 is 1.00 bits per heavy atom. The van der Waals surface area contributed by atoms with Crippen molar-refractivity contribution in [2.45, 2.75) is 39.7 Å². The van der Waals surface area contributed by atoms with Crippen LogP contribution in [0.5, 0.6) is 0 Å². The molecule has 0 fully saturated rings. The molecule has 0 aromatic carbocycles. The van der Waals surface area contributed by atoms with Gasteiger partial charge in [-0.3, -0.25) is 13.7 Å². The topological polar surface area (TPSA) is 132 Å². The van der Waals surface area contributed by atoms with Crippen LogP contribution in [-0.4, -0.2) is 60.3 Å².